The third-order valence-corrected chi connectivity index (χ3v) is 5.66. The molecule has 1 N–H and O–H groups in total. The predicted octanol–water partition coefficient (Wildman–Crippen LogP) is 4.50. The second kappa shape index (κ2) is 10.5. The molecule has 0 saturated heterocycles. The number of rotatable bonds is 8. The standard InChI is InChI=1S/C26H34N2O3/c1-5-23(26(30)27-6-2)31-21-13-12-19-14-15-28(24(29)16-18(3)4)25(22(19)17-21)20-10-8-7-9-11-20/h7-13,17-18,23,25H,5-6,14-16H2,1-4H3,(H,27,30). The van der Waals surface area contributed by atoms with Crippen molar-refractivity contribution in [3.8, 4) is 5.75 Å². The molecule has 5 nitrogen and oxygen atoms in total. The summed E-state index contributed by atoms with van der Waals surface area (Å²) in [4.78, 5) is 27.4. The molecule has 5 heteroatoms. The Labute approximate surface area is 185 Å². The molecule has 2 amide bonds. The Balaban J connectivity index is 1.97. The molecule has 0 radical (unpaired) electrons. The van der Waals surface area contributed by atoms with Crippen LogP contribution in [0.1, 0.15) is 63.3 Å². The maximum absolute atomic E-state index is 13.1. The van der Waals surface area contributed by atoms with Gasteiger partial charge in [0.1, 0.15) is 5.75 Å². The first-order valence-electron chi connectivity index (χ1n) is 11.4. The van der Waals surface area contributed by atoms with E-state index in [0.717, 1.165) is 17.5 Å². The fourth-order valence-corrected chi connectivity index (χ4v) is 4.17. The van der Waals surface area contributed by atoms with E-state index < -0.39 is 6.10 Å². The van der Waals surface area contributed by atoms with Crippen molar-refractivity contribution in [1.82, 2.24) is 10.2 Å². The Hall–Kier alpha value is -2.82. The van der Waals surface area contributed by atoms with Gasteiger partial charge in [-0.05, 0) is 54.5 Å². The first kappa shape index (κ1) is 22.9. The fourth-order valence-electron chi connectivity index (χ4n) is 4.17. The third kappa shape index (κ3) is 5.46. The van der Waals surface area contributed by atoms with Gasteiger partial charge in [0.2, 0.25) is 5.91 Å². The van der Waals surface area contributed by atoms with E-state index in [1.54, 1.807) is 0 Å². The predicted molar refractivity (Wildman–Crippen MR) is 123 cm³/mol. The lowest BCUT2D eigenvalue weighted by Gasteiger charge is -2.38. The van der Waals surface area contributed by atoms with Crippen LogP contribution in [-0.4, -0.2) is 35.9 Å². The average Bonchev–Trinajstić information content (AvgIpc) is 2.76. The summed E-state index contributed by atoms with van der Waals surface area (Å²) in [6.45, 7) is 9.27. The lowest BCUT2D eigenvalue weighted by molar-refractivity contribution is -0.134. The van der Waals surface area contributed by atoms with Gasteiger partial charge in [-0.15, -0.1) is 0 Å². The largest absolute Gasteiger partial charge is 0.481 e. The van der Waals surface area contributed by atoms with Crippen LogP contribution in [0.5, 0.6) is 5.75 Å². The smallest absolute Gasteiger partial charge is 0.261 e. The van der Waals surface area contributed by atoms with Crippen molar-refractivity contribution in [2.24, 2.45) is 5.92 Å². The summed E-state index contributed by atoms with van der Waals surface area (Å²) in [5, 5.41) is 2.84. The van der Waals surface area contributed by atoms with Crippen molar-refractivity contribution in [1.29, 1.82) is 0 Å². The lowest BCUT2D eigenvalue weighted by atomic mass is 9.87. The van der Waals surface area contributed by atoms with Gasteiger partial charge in [-0.3, -0.25) is 9.59 Å². The van der Waals surface area contributed by atoms with Crippen molar-refractivity contribution >= 4 is 11.8 Å². The molecule has 3 rings (SSSR count). The van der Waals surface area contributed by atoms with Crippen molar-refractivity contribution in [2.45, 2.75) is 59.1 Å². The first-order chi connectivity index (χ1) is 14.9. The Morgan fingerprint density at radius 1 is 1.13 bits per heavy atom. The van der Waals surface area contributed by atoms with Crippen LogP contribution in [0.15, 0.2) is 48.5 Å². The zero-order chi connectivity index (χ0) is 22.4. The molecule has 1 heterocycles. The van der Waals surface area contributed by atoms with Crippen LogP contribution in [-0.2, 0) is 16.0 Å². The van der Waals surface area contributed by atoms with Crippen LogP contribution in [0, 0.1) is 5.92 Å². The first-order valence-corrected chi connectivity index (χ1v) is 11.4. The summed E-state index contributed by atoms with van der Waals surface area (Å²) in [6.07, 6.45) is 1.40. The Bertz CT molecular complexity index is 895. The number of benzene rings is 2. The summed E-state index contributed by atoms with van der Waals surface area (Å²) in [5.41, 5.74) is 3.40. The Morgan fingerprint density at radius 2 is 1.87 bits per heavy atom. The molecule has 2 atom stereocenters. The minimum atomic E-state index is -0.532. The van der Waals surface area contributed by atoms with E-state index in [4.69, 9.17) is 4.74 Å². The molecule has 0 spiro atoms. The summed E-state index contributed by atoms with van der Waals surface area (Å²) >= 11 is 0. The van der Waals surface area contributed by atoms with Gasteiger partial charge in [0.15, 0.2) is 6.10 Å². The highest BCUT2D eigenvalue weighted by Gasteiger charge is 2.32. The van der Waals surface area contributed by atoms with Gasteiger partial charge in [0.25, 0.3) is 5.91 Å². The second-order valence-electron chi connectivity index (χ2n) is 8.52. The van der Waals surface area contributed by atoms with Gasteiger partial charge in [-0.25, -0.2) is 0 Å². The van der Waals surface area contributed by atoms with E-state index >= 15 is 0 Å². The third-order valence-electron chi connectivity index (χ3n) is 5.66. The highest BCUT2D eigenvalue weighted by Crippen LogP contribution is 2.38. The van der Waals surface area contributed by atoms with Gasteiger partial charge >= 0.3 is 0 Å². The molecule has 0 saturated carbocycles. The van der Waals surface area contributed by atoms with Crippen LogP contribution in [0.2, 0.25) is 0 Å². The highest BCUT2D eigenvalue weighted by molar-refractivity contribution is 5.81. The monoisotopic (exact) mass is 422 g/mol. The number of fused-ring (bicyclic) bond motifs is 1. The molecule has 0 aromatic heterocycles. The minimum absolute atomic E-state index is 0.101. The average molecular weight is 423 g/mol. The van der Waals surface area contributed by atoms with Gasteiger partial charge in [-0.2, -0.15) is 0 Å². The van der Waals surface area contributed by atoms with E-state index in [2.05, 4.69) is 37.4 Å². The van der Waals surface area contributed by atoms with E-state index in [-0.39, 0.29) is 17.9 Å². The molecule has 0 bridgehead atoms. The minimum Gasteiger partial charge on any atom is -0.481 e. The number of hydrogen-bond acceptors (Lipinski definition) is 3. The quantitative estimate of drug-likeness (QED) is 0.681. The molecule has 2 aromatic rings. The van der Waals surface area contributed by atoms with Gasteiger partial charge in [0.05, 0.1) is 6.04 Å². The number of ether oxygens (including phenoxy) is 1. The van der Waals surface area contributed by atoms with Gasteiger partial charge < -0.3 is 15.0 Å². The molecule has 2 aromatic carbocycles. The Kier molecular flexibility index (Phi) is 7.72. The number of hydrogen-bond donors (Lipinski definition) is 1. The van der Waals surface area contributed by atoms with Crippen molar-refractivity contribution in [3.05, 3.63) is 65.2 Å². The highest BCUT2D eigenvalue weighted by atomic mass is 16.5. The SMILES string of the molecule is CCNC(=O)C(CC)Oc1ccc2c(c1)C(c1ccccc1)N(C(=O)CC(C)C)CC2. The number of likely N-dealkylation sites (N-methyl/N-ethyl adjacent to an activating group) is 1. The summed E-state index contributed by atoms with van der Waals surface area (Å²) in [7, 11) is 0. The molecular formula is C26H34N2O3. The maximum Gasteiger partial charge on any atom is 0.261 e. The van der Waals surface area contributed by atoms with Gasteiger partial charge in [0, 0.05) is 19.5 Å². The van der Waals surface area contributed by atoms with Crippen LogP contribution in [0.4, 0.5) is 0 Å². The molecule has 1 aliphatic heterocycles. The van der Waals surface area contributed by atoms with Crippen LogP contribution < -0.4 is 10.1 Å². The second-order valence-corrected chi connectivity index (χ2v) is 8.52. The van der Waals surface area contributed by atoms with Gasteiger partial charge in [-0.1, -0.05) is 57.2 Å². The van der Waals surface area contributed by atoms with Crippen LogP contribution in [0.3, 0.4) is 0 Å². The molecule has 31 heavy (non-hydrogen) atoms. The molecular weight excluding hydrogens is 388 g/mol. The van der Waals surface area contributed by atoms with Crippen LogP contribution in [0.25, 0.3) is 0 Å². The summed E-state index contributed by atoms with van der Waals surface area (Å²) in [5.74, 6) is 1.05. The number of carbonyl (C=O) groups excluding carboxylic acids is 2. The number of nitrogens with one attached hydrogen (secondary N) is 1. The zero-order valence-corrected chi connectivity index (χ0v) is 19.1. The van der Waals surface area contributed by atoms with E-state index in [0.29, 0.717) is 37.6 Å². The fraction of sp³-hybridized carbons (Fsp3) is 0.462. The van der Waals surface area contributed by atoms with Crippen molar-refractivity contribution in [2.75, 3.05) is 13.1 Å². The van der Waals surface area contributed by atoms with E-state index in [9.17, 15) is 9.59 Å². The maximum atomic E-state index is 13.1. The molecule has 0 aliphatic carbocycles. The molecule has 166 valence electrons. The lowest BCUT2D eigenvalue weighted by Crippen LogP contribution is -2.41. The summed E-state index contributed by atoms with van der Waals surface area (Å²) in [6, 6.07) is 16.1. The van der Waals surface area contributed by atoms with E-state index in [1.165, 1.54) is 5.56 Å². The van der Waals surface area contributed by atoms with Crippen molar-refractivity contribution < 1.29 is 14.3 Å². The zero-order valence-electron chi connectivity index (χ0n) is 19.1. The number of nitrogens with zero attached hydrogens (tertiary/aromatic N) is 1. The van der Waals surface area contributed by atoms with Crippen molar-refractivity contribution in [3.63, 3.8) is 0 Å². The topological polar surface area (TPSA) is 58.6 Å². The number of amides is 2. The molecule has 0 fully saturated rings. The molecule has 1 aliphatic rings. The summed E-state index contributed by atoms with van der Waals surface area (Å²) < 4.78 is 6.07. The normalized spacial score (nSPS) is 16.5. The van der Waals surface area contributed by atoms with E-state index in [1.807, 2.05) is 49.1 Å². The Morgan fingerprint density at radius 3 is 2.52 bits per heavy atom. The number of carbonyl (C=O) groups is 2. The molecule has 2 unspecified atom stereocenters. The van der Waals surface area contributed by atoms with Crippen LogP contribution >= 0.6 is 0 Å².